The number of hydrogen-bond acceptors (Lipinski definition) is 3. The van der Waals surface area contributed by atoms with Crippen molar-refractivity contribution < 1.29 is 4.74 Å². The summed E-state index contributed by atoms with van der Waals surface area (Å²) in [5.41, 5.74) is 1.15. The molecule has 1 aliphatic carbocycles. The predicted molar refractivity (Wildman–Crippen MR) is 82.8 cm³/mol. The molecule has 3 nitrogen and oxygen atoms in total. The Labute approximate surface area is 123 Å². The summed E-state index contributed by atoms with van der Waals surface area (Å²) in [6, 6.07) is 6.49. The third kappa shape index (κ3) is 4.29. The molecule has 1 aromatic heterocycles. The summed E-state index contributed by atoms with van der Waals surface area (Å²) in [5, 5.41) is 3.47. The van der Waals surface area contributed by atoms with Crippen molar-refractivity contribution in [2.75, 3.05) is 13.7 Å². The maximum Gasteiger partial charge on any atom is 0.0759 e. The molecule has 1 heterocycles. The minimum atomic E-state index is 0.312. The minimum Gasteiger partial charge on any atom is -0.377 e. The molecule has 1 saturated carbocycles. The highest BCUT2D eigenvalue weighted by Gasteiger charge is 2.30. The zero-order chi connectivity index (χ0) is 14.2. The smallest absolute Gasteiger partial charge is 0.0759 e. The number of ether oxygens (including phenoxy) is 1. The average molecular weight is 276 g/mol. The Morgan fingerprint density at radius 3 is 2.70 bits per heavy atom. The second-order valence-corrected chi connectivity index (χ2v) is 5.74. The van der Waals surface area contributed by atoms with Crippen LogP contribution in [0.3, 0.4) is 0 Å². The van der Waals surface area contributed by atoms with Crippen LogP contribution in [0, 0.1) is 5.92 Å². The van der Waals surface area contributed by atoms with Crippen LogP contribution in [0.4, 0.5) is 0 Å². The molecule has 0 amide bonds. The van der Waals surface area contributed by atoms with Crippen LogP contribution in [-0.2, 0) is 11.2 Å². The fourth-order valence-corrected chi connectivity index (χ4v) is 3.36. The van der Waals surface area contributed by atoms with Gasteiger partial charge >= 0.3 is 0 Å². The van der Waals surface area contributed by atoms with E-state index < -0.39 is 0 Å². The van der Waals surface area contributed by atoms with Crippen LogP contribution in [0.5, 0.6) is 0 Å². The van der Waals surface area contributed by atoms with Crippen LogP contribution in [0.25, 0.3) is 0 Å². The van der Waals surface area contributed by atoms with Crippen molar-refractivity contribution in [1.82, 2.24) is 10.3 Å². The van der Waals surface area contributed by atoms with E-state index in [0.717, 1.165) is 18.7 Å². The Balaban J connectivity index is 2.03. The second-order valence-electron chi connectivity index (χ2n) is 5.74. The first-order valence-electron chi connectivity index (χ1n) is 8.04. The largest absolute Gasteiger partial charge is 0.377 e. The van der Waals surface area contributed by atoms with E-state index in [2.05, 4.69) is 29.4 Å². The van der Waals surface area contributed by atoms with Crippen molar-refractivity contribution in [3.63, 3.8) is 0 Å². The summed E-state index contributed by atoms with van der Waals surface area (Å²) >= 11 is 0. The highest BCUT2D eigenvalue weighted by molar-refractivity contribution is 5.06. The first-order chi connectivity index (χ1) is 9.85. The molecule has 112 valence electrons. The van der Waals surface area contributed by atoms with E-state index in [1.165, 1.54) is 32.1 Å². The quantitative estimate of drug-likeness (QED) is 0.830. The standard InChI is InChI=1S/C17H28N2O/c1-3-20-17(14-9-5-4-6-10-14)16(18-2)13-15-11-7-8-12-19-15/h7-8,11-12,14,16-18H,3-6,9-10,13H2,1-2H3. The van der Waals surface area contributed by atoms with Gasteiger partial charge in [0.25, 0.3) is 0 Å². The monoisotopic (exact) mass is 276 g/mol. The molecule has 0 aromatic carbocycles. The van der Waals surface area contributed by atoms with Gasteiger partial charge in [0.1, 0.15) is 0 Å². The predicted octanol–water partition coefficient (Wildman–Crippen LogP) is 3.20. The zero-order valence-electron chi connectivity index (χ0n) is 12.8. The van der Waals surface area contributed by atoms with E-state index in [4.69, 9.17) is 4.74 Å². The van der Waals surface area contributed by atoms with Gasteiger partial charge in [-0.05, 0) is 44.9 Å². The Morgan fingerprint density at radius 2 is 2.10 bits per heavy atom. The third-order valence-corrected chi connectivity index (χ3v) is 4.40. The summed E-state index contributed by atoms with van der Waals surface area (Å²) in [7, 11) is 2.04. The lowest BCUT2D eigenvalue weighted by Crippen LogP contribution is -2.46. The van der Waals surface area contributed by atoms with E-state index in [-0.39, 0.29) is 0 Å². The van der Waals surface area contributed by atoms with Crippen molar-refractivity contribution in [3.05, 3.63) is 30.1 Å². The summed E-state index contributed by atoms with van der Waals surface area (Å²) in [4.78, 5) is 4.46. The molecule has 1 N–H and O–H groups in total. The highest BCUT2D eigenvalue weighted by Crippen LogP contribution is 2.30. The molecule has 1 aliphatic rings. The lowest BCUT2D eigenvalue weighted by atomic mass is 9.81. The molecule has 20 heavy (non-hydrogen) atoms. The number of hydrogen-bond donors (Lipinski definition) is 1. The van der Waals surface area contributed by atoms with Crippen LogP contribution < -0.4 is 5.32 Å². The number of rotatable bonds is 7. The molecule has 1 fully saturated rings. The van der Waals surface area contributed by atoms with Crippen LogP contribution in [0.1, 0.15) is 44.7 Å². The Morgan fingerprint density at radius 1 is 1.30 bits per heavy atom. The number of nitrogens with one attached hydrogen (secondary N) is 1. The molecule has 0 spiro atoms. The minimum absolute atomic E-state index is 0.312. The van der Waals surface area contributed by atoms with Crippen LogP contribution in [0.15, 0.2) is 24.4 Å². The molecule has 2 rings (SSSR count). The van der Waals surface area contributed by atoms with Crippen molar-refractivity contribution in [2.45, 2.75) is 57.6 Å². The van der Waals surface area contributed by atoms with Gasteiger partial charge < -0.3 is 10.1 Å². The van der Waals surface area contributed by atoms with Gasteiger partial charge in [0.2, 0.25) is 0 Å². The van der Waals surface area contributed by atoms with Crippen molar-refractivity contribution in [3.8, 4) is 0 Å². The van der Waals surface area contributed by atoms with Gasteiger partial charge in [-0.3, -0.25) is 4.98 Å². The van der Waals surface area contributed by atoms with Gasteiger partial charge in [0.15, 0.2) is 0 Å². The van der Waals surface area contributed by atoms with E-state index in [1.54, 1.807) is 0 Å². The molecule has 0 radical (unpaired) electrons. The Hall–Kier alpha value is -0.930. The van der Waals surface area contributed by atoms with Gasteiger partial charge in [0.05, 0.1) is 6.10 Å². The maximum absolute atomic E-state index is 6.12. The van der Waals surface area contributed by atoms with Gasteiger partial charge in [0, 0.05) is 31.0 Å². The number of aromatic nitrogens is 1. The summed E-state index contributed by atoms with van der Waals surface area (Å²) in [6.07, 6.45) is 9.85. The molecule has 0 bridgehead atoms. The van der Waals surface area contributed by atoms with Gasteiger partial charge in [-0.25, -0.2) is 0 Å². The van der Waals surface area contributed by atoms with Gasteiger partial charge in [-0.15, -0.1) is 0 Å². The molecule has 2 unspecified atom stereocenters. The van der Waals surface area contributed by atoms with Gasteiger partial charge in [-0.1, -0.05) is 25.3 Å². The van der Waals surface area contributed by atoms with Gasteiger partial charge in [-0.2, -0.15) is 0 Å². The fraction of sp³-hybridized carbons (Fsp3) is 0.706. The number of nitrogens with zero attached hydrogens (tertiary/aromatic N) is 1. The maximum atomic E-state index is 6.12. The number of pyridine rings is 1. The zero-order valence-corrected chi connectivity index (χ0v) is 12.8. The first kappa shape index (κ1) is 15.5. The number of likely N-dealkylation sites (N-methyl/N-ethyl adjacent to an activating group) is 1. The van der Waals surface area contributed by atoms with Crippen molar-refractivity contribution >= 4 is 0 Å². The Bertz CT molecular complexity index is 363. The lowest BCUT2D eigenvalue weighted by molar-refractivity contribution is -0.0160. The molecule has 3 heteroatoms. The van der Waals surface area contributed by atoms with Crippen molar-refractivity contribution in [2.24, 2.45) is 5.92 Å². The average Bonchev–Trinajstić information content (AvgIpc) is 2.52. The summed E-state index contributed by atoms with van der Waals surface area (Å²) < 4.78 is 6.12. The van der Waals surface area contributed by atoms with E-state index in [1.807, 2.05) is 19.3 Å². The fourth-order valence-electron chi connectivity index (χ4n) is 3.36. The normalized spacial score (nSPS) is 19.7. The molecule has 0 saturated heterocycles. The molecule has 0 aliphatic heterocycles. The molecular weight excluding hydrogens is 248 g/mol. The van der Waals surface area contributed by atoms with E-state index >= 15 is 0 Å². The second kappa shape index (κ2) is 8.38. The molecule has 1 aromatic rings. The first-order valence-corrected chi connectivity index (χ1v) is 8.04. The van der Waals surface area contributed by atoms with Crippen LogP contribution in [-0.4, -0.2) is 30.8 Å². The third-order valence-electron chi connectivity index (χ3n) is 4.40. The van der Waals surface area contributed by atoms with E-state index in [9.17, 15) is 0 Å². The highest BCUT2D eigenvalue weighted by atomic mass is 16.5. The SMILES string of the molecule is CCOC(C1CCCCC1)C(Cc1ccccn1)NC. The topological polar surface area (TPSA) is 34.1 Å². The van der Waals surface area contributed by atoms with Crippen LogP contribution in [0.2, 0.25) is 0 Å². The summed E-state index contributed by atoms with van der Waals surface area (Å²) in [5.74, 6) is 0.699. The summed E-state index contributed by atoms with van der Waals surface area (Å²) in [6.45, 7) is 2.89. The Kier molecular flexibility index (Phi) is 6.48. The lowest BCUT2D eigenvalue weighted by Gasteiger charge is -2.35. The van der Waals surface area contributed by atoms with E-state index in [0.29, 0.717) is 18.1 Å². The molecule has 2 atom stereocenters. The van der Waals surface area contributed by atoms with Crippen LogP contribution >= 0.6 is 0 Å². The van der Waals surface area contributed by atoms with Crippen molar-refractivity contribution in [1.29, 1.82) is 0 Å². The molecular formula is C17H28N2O.